The van der Waals surface area contributed by atoms with Crippen LogP contribution in [0.4, 0.5) is 4.39 Å². The van der Waals surface area contributed by atoms with E-state index in [-0.39, 0.29) is 11.9 Å². The monoisotopic (exact) mass is 266 g/mol. The third kappa shape index (κ3) is 2.68. The summed E-state index contributed by atoms with van der Waals surface area (Å²) in [5, 5.41) is 3.27. The van der Waals surface area contributed by atoms with E-state index in [1.54, 1.807) is 23.8 Å². The molecule has 1 aromatic heterocycles. The van der Waals surface area contributed by atoms with Crippen LogP contribution >= 0.6 is 11.3 Å². The fraction of sp³-hybridized carbons (Fsp3) is 0.308. The maximum absolute atomic E-state index is 14.1. The van der Waals surface area contributed by atoms with Gasteiger partial charge >= 0.3 is 0 Å². The van der Waals surface area contributed by atoms with Crippen LogP contribution in [0.2, 0.25) is 0 Å². The Hall–Kier alpha value is -1.46. The zero-order valence-electron chi connectivity index (χ0n) is 10.3. The van der Waals surface area contributed by atoms with Gasteiger partial charge in [0.1, 0.15) is 11.6 Å². The molecular formula is C13H15FN2OS. The predicted octanol–water partition coefficient (Wildman–Crippen LogP) is 2.99. The minimum atomic E-state index is -0.270. The van der Waals surface area contributed by atoms with Crippen molar-refractivity contribution in [2.75, 3.05) is 13.7 Å². The zero-order chi connectivity index (χ0) is 13.0. The number of aromatic nitrogens is 1. The van der Waals surface area contributed by atoms with Gasteiger partial charge in [0.25, 0.3) is 0 Å². The standard InChI is InChI=1S/C13H15FN2OS/c1-3-16-13(12-7-15-8-18-12)10-5-4-9(17-2)6-11(10)14/h4-8,13,16H,3H2,1-2H3. The molecule has 0 spiro atoms. The summed E-state index contributed by atoms with van der Waals surface area (Å²) in [4.78, 5) is 5.05. The van der Waals surface area contributed by atoms with Crippen molar-refractivity contribution in [3.05, 3.63) is 46.2 Å². The summed E-state index contributed by atoms with van der Waals surface area (Å²) in [6, 6.07) is 4.76. The van der Waals surface area contributed by atoms with Crippen molar-refractivity contribution < 1.29 is 9.13 Å². The van der Waals surface area contributed by atoms with E-state index in [4.69, 9.17) is 4.74 Å². The van der Waals surface area contributed by atoms with Crippen molar-refractivity contribution >= 4 is 11.3 Å². The topological polar surface area (TPSA) is 34.2 Å². The van der Waals surface area contributed by atoms with Crippen molar-refractivity contribution in [3.63, 3.8) is 0 Å². The van der Waals surface area contributed by atoms with E-state index >= 15 is 0 Å². The Bertz CT molecular complexity index is 502. The Morgan fingerprint density at radius 3 is 2.89 bits per heavy atom. The summed E-state index contributed by atoms with van der Waals surface area (Å²) in [6.45, 7) is 2.75. The number of hydrogen-bond acceptors (Lipinski definition) is 4. The van der Waals surface area contributed by atoms with Gasteiger partial charge in [-0.05, 0) is 12.6 Å². The Morgan fingerprint density at radius 2 is 2.33 bits per heavy atom. The smallest absolute Gasteiger partial charge is 0.132 e. The van der Waals surface area contributed by atoms with Gasteiger partial charge in [-0.2, -0.15) is 0 Å². The summed E-state index contributed by atoms with van der Waals surface area (Å²) in [5.74, 6) is 0.254. The van der Waals surface area contributed by atoms with Crippen LogP contribution in [0.3, 0.4) is 0 Å². The molecule has 0 fully saturated rings. The molecule has 2 aromatic rings. The molecule has 18 heavy (non-hydrogen) atoms. The molecule has 1 atom stereocenters. The van der Waals surface area contributed by atoms with Gasteiger partial charge in [-0.15, -0.1) is 11.3 Å². The van der Waals surface area contributed by atoms with Crippen LogP contribution in [0.5, 0.6) is 5.75 Å². The lowest BCUT2D eigenvalue weighted by Gasteiger charge is -2.17. The van der Waals surface area contributed by atoms with E-state index in [2.05, 4.69) is 10.3 Å². The lowest BCUT2D eigenvalue weighted by atomic mass is 10.0. The Labute approximate surface area is 110 Å². The molecule has 0 saturated heterocycles. The highest BCUT2D eigenvalue weighted by Crippen LogP contribution is 2.28. The molecule has 2 rings (SSSR count). The normalized spacial score (nSPS) is 12.4. The fourth-order valence-corrected chi connectivity index (χ4v) is 2.52. The van der Waals surface area contributed by atoms with Crippen LogP contribution in [-0.2, 0) is 0 Å². The number of hydrogen-bond donors (Lipinski definition) is 1. The lowest BCUT2D eigenvalue weighted by Crippen LogP contribution is -2.22. The van der Waals surface area contributed by atoms with E-state index in [1.807, 2.05) is 6.92 Å². The van der Waals surface area contributed by atoms with E-state index < -0.39 is 0 Å². The first-order valence-corrected chi connectivity index (χ1v) is 6.59. The molecule has 5 heteroatoms. The van der Waals surface area contributed by atoms with Crippen LogP contribution < -0.4 is 10.1 Å². The third-order valence-electron chi connectivity index (χ3n) is 2.66. The van der Waals surface area contributed by atoms with Crippen LogP contribution in [0.15, 0.2) is 29.9 Å². The number of rotatable bonds is 5. The summed E-state index contributed by atoms with van der Waals surface area (Å²) in [5.41, 5.74) is 2.36. The van der Waals surface area contributed by atoms with Crippen LogP contribution in [0, 0.1) is 5.82 Å². The third-order valence-corrected chi connectivity index (χ3v) is 3.50. The number of benzene rings is 1. The van der Waals surface area contributed by atoms with Crippen LogP contribution in [0.1, 0.15) is 23.4 Å². The van der Waals surface area contributed by atoms with Gasteiger partial charge < -0.3 is 10.1 Å². The zero-order valence-corrected chi connectivity index (χ0v) is 11.1. The second kappa shape index (κ2) is 5.93. The molecule has 0 aliphatic heterocycles. The highest BCUT2D eigenvalue weighted by molar-refractivity contribution is 7.09. The Balaban J connectivity index is 2.37. The number of thiazole rings is 1. The van der Waals surface area contributed by atoms with Gasteiger partial charge in [0, 0.05) is 22.7 Å². The first-order chi connectivity index (χ1) is 8.76. The highest BCUT2D eigenvalue weighted by atomic mass is 32.1. The second-order valence-corrected chi connectivity index (χ2v) is 4.70. The van der Waals surface area contributed by atoms with Crippen LogP contribution in [0.25, 0.3) is 0 Å². The number of halogens is 1. The molecule has 0 saturated carbocycles. The molecular weight excluding hydrogens is 251 g/mol. The predicted molar refractivity (Wildman–Crippen MR) is 70.6 cm³/mol. The molecule has 0 radical (unpaired) electrons. The van der Waals surface area contributed by atoms with Crippen molar-refractivity contribution in [1.29, 1.82) is 0 Å². The van der Waals surface area contributed by atoms with Crippen molar-refractivity contribution in [1.82, 2.24) is 10.3 Å². The van der Waals surface area contributed by atoms with E-state index in [0.717, 1.165) is 11.4 Å². The molecule has 0 amide bonds. The van der Waals surface area contributed by atoms with Gasteiger partial charge in [-0.25, -0.2) is 4.39 Å². The number of nitrogens with zero attached hydrogens (tertiary/aromatic N) is 1. The van der Waals surface area contributed by atoms with Gasteiger partial charge in [-0.1, -0.05) is 13.0 Å². The minimum absolute atomic E-state index is 0.159. The Morgan fingerprint density at radius 1 is 1.50 bits per heavy atom. The first-order valence-electron chi connectivity index (χ1n) is 5.71. The first kappa shape index (κ1) is 13.0. The quantitative estimate of drug-likeness (QED) is 0.903. The molecule has 1 aromatic carbocycles. The maximum atomic E-state index is 14.1. The fourth-order valence-electron chi connectivity index (χ4n) is 1.81. The van der Waals surface area contributed by atoms with Gasteiger partial charge in [0.15, 0.2) is 0 Å². The van der Waals surface area contributed by atoms with Crippen molar-refractivity contribution in [3.8, 4) is 5.75 Å². The molecule has 0 aliphatic rings. The second-order valence-electron chi connectivity index (χ2n) is 3.78. The summed E-state index contributed by atoms with van der Waals surface area (Å²) >= 11 is 1.51. The summed E-state index contributed by atoms with van der Waals surface area (Å²) in [6.07, 6.45) is 1.77. The lowest BCUT2D eigenvalue weighted by molar-refractivity contribution is 0.410. The van der Waals surface area contributed by atoms with Gasteiger partial charge in [0.05, 0.1) is 18.7 Å². The number of methoxy groups -OCH3 is 1. The molecule has 1 N–H and O–H groups in total. The molecule has 96 valence electrons. The molecule has 3 nitrogen and oxygen atoms in total. The van der Waals surface area contributed by atoms with E-state index in [0.29, 0.717) is 11.3 Å². The van der Waals surface area contributed by atoms with Crippen molar-refractivity contribution in [2.45, 2.75) is 13.0 Å². The van der Waals surface area contributed by atoms with E-state index in [9.17, 15) is 4.39 Å². The molecule has 0 bridgehead atoms. The minimum Gasteiger partial charge on any atom is -0.497 e. The van der Waals surface area contributed by atoms with Crippen LogP contribution in [-0.4, -0.2) is 18.6 Å². The van der Waals surface area contributed by atoms with Gasteiger partial charge in [-0.3, -0.25) is 4.98 Å². The number of nitrogens with one attached hydrogen (secondary N) is 1. The average molecular weight is 266 g/mol. The molecule has 1 unspecified atom stereocenters. The van der Waals surface area contributed by atoms with Crippen molar-refractivity contribution in [2.24, 2.45) is 0 Å². The number of ether oxygens (including phenoxy) is 1. The maximum Gasteiger partial charge on any atom is 0.132 e. The van der Waals surface area contributed by atoms with E-state index in [1.165, 1.54) is 24.5 Å². The summed E-state index contributed by atoms with van der Waals surface area (Å²) < 4.78 is 19.1. The van der Waals surface area contributed by atoms with Gasteiger partial charge in [0.2, 0.25) is 0 Å². The molecule has 0 aliphatic carbocycles. The summed E-state index contributed by atoms with van der Waals surface area (Å²) in [7, 11) is 1.53. The Kier molecular flexibility index (Phi) is 4.28. The SMILES string of the molecule is CCNC(c1cncs1)c1ccc(OC)cc1F. The molecule has 1 heterocycles. The largest absolute Gasteiger partial charge is 0.497 e. The highest BCUT2D eigenvalue weighted by Gasteiger charge is 2.18. The average Bonchev–Trinajstić information content (AvgIpc) is 2.90.